The molecule has 1 aliphatic rings. The molecule has 2 amide bonds. The number of alkyl carbamates (subject to hydrolysis) is 1. The molecule has 0 aliphatic heterocycles. The molecule has 2 aromatic rings. The molecule has 176 valence electrons. The standard InChI is InChI=1S/C26H32N2O5/c1-16(2)12-18(13-24(29)30)14-27-25(31)17(3)28-26(32)33-15-23-21-10-6-4-8-19(21)20-9-5-7-11-22(20)23/h4-11,16-18,23H,12-15H2,1-3H3,(H,27,31)(H,28,32)(H,29,30)/t17-,18-/m0/s1. The van der Waals surface area contributed by atoms with E-state index in [2.05, 4.69) is 22.8 Å². The van der Waals surface area contributed by atoms with E-state index in [9.17, 15) is 14.4 Å². The summed E-state index contributed by atoms with van der Waals surface area (Å²) in [5, 5.41) is 14.4. The summed E-state index contributed by atoms with van der Waals surface area (Å²) in [4.78, 5) is 35.9. The number of hydrogen-bond acceptors (Lipinski definition) is 4. The summed E-state index contributed by atoms with van der Waals surface area (Å²) in [5.74, 6) is -1.15. The van der Waals surface area contributed by atoms with Gasteiger partial charge in [-0.3, -0.25) is 9.59 Å². The first kappa shape index (κ1) is 24.3. The van der Waals surface area contributed by atoms with Crippen molar-refractivity contribution >= 4 is 18.0 Å². The van der Waals surface area contributed by atoms with Gasteiger partial charge in [-0.2, -0.15) is 0 Å². The highest BCUT2D eigenvalue weighted by Crippen LogP contribution is 2.44. The number of ether oxygens (including phenoxy) is 1. The van der Waals surface area contributed by atoms with Crippen LogP contribution in [0.1, 0.15) is 50.7 Å². The zero-order chi connectivity index (χ0) is 24.0. The minimum Gasteiger partial charge on any atom is -0.481 e. The van der Waals surface area contributed by atoms with E-state index in [1.165, 1.54) is 0 Å². The van der Waals surface area contributed by atoms with Crippen molar-refractivity contribution < 1.29 is 24.2 Å². The molecule has 0 radical (unpaired) electrons. The first-order valence-electron chi connectivity index (χ1n) is 11.4. The molecule has 0 aromatic heterocycles. The first-order chi connectivity index (χ1) is 15.8. The van der Waals surface area contributed by atoms with Gasteiger partial charge in [0.1, 0.15) is 12.6 Å². The van der Waals surface area contributed by atoms with E-state index in [0.717, 1.165) is 22.3 Å². The van der Waals surface area contributed by atoms with Crippen molar-refractivity contribution in [2.24, 2.45) is 11.8 Å². The number of carboxylic acids is 1. The highest BCUT2D eigenvalue weighted by Gasteiger charge is 2.29. The van der Waals surface area contributed by atoms with Crippen molar-refractivity contribution in [3.63, 3.8) is 0 Å². The molecule has 33 heavy (non-hydrogen) atoms. The molecule has 0 bridgehead atoms. The van der Waals surface area contributed by atoms with Crippen molar-refractivity contribution in [1.82, 2.24) is 10.6 Å². The normalized spacial score (nSPS) is 14.2. The molecule has 0 fully saturated rings. The maximum absolute atomic E-state index is 12.4. The van der Waals surface area contributed by atoms with Crippen molar-refractivity contribution in [3.8, 4) is 11.1 Å². The predicted octanol–water partition coefficient (Wildman–Crippen LogP) is 4.17. The van der Waals surface area contributed by atoms with E-state index in [-0.39, 0.29) is 37.3 Å². The predicted molar refractivity (Wildman–Crippen MR) is 126 cm³/mol. The lowest BCUT2D eigenvalue weighted by atomic mass is 9.94. The average Bonchev–Trinajstić information content (AvgIpc) is 3.09. The number of rotatable bonds is 10. The van der Waals surface area contributed by atoms with Gasteiger partial charge in [0.25, 0.3) is 0 Å². The van der Waals surface area contributed by atoms with Crippen LogP contribution in [0.15, 0.2) is 48.5 Å². The second-order valence-electron chi connectivity index (χ2n) is 9.03. The molecule has 0 saturated carbocycles. The number of carboxylic acid groups (broad SMARTS) is 1. The summed E-state index contributed by atoms with van der Waals surface area (Å²) in [6.07, 6.45) is 0.0247. The summed E-state index contributed by atoms with van der Waals surface area (Å²) in [7, 11) is 0. The third-order valence-electron chi connectivity index (χ3n) is 5.90. The molecule has 0 unspecified atom stereocenters. The number of aliphatic carboxylic acids is 1. The van der Waals surface area contributed by atoms with Gasteiger partial charge < -0.3 is 20.5 Å². The van der Waals surface area contributed by atoms with Gasteiger partial charge in [0, 0.05) is 18.9 Å². The second-order valence-corrected chi connectivity index (χ2v) is 9.03. The zero-order valence-corrected chi connectivity index (χ0v) is 19.3. The molecule has 3 N–H and O–H groups in total. The maximum atomic E-state index is 12.4. The van der Waals surface area contributed by atoms with Crippen LogP contribution >= 0.6 is 0 Å². The SMILES string of the molecule is CC(C)C[C@H](CNC(=O)[C@H](C)NC(=O)OCC1c2ccccc2-c2ccccc21)CC(=O)O. The van der Waals surface area contributed by atoms with Crippen molar-refractivity contribution in [3.05, 3.63) is 59.7 Å². The van der Waals surface area contributed by atoms with Crippen molar-refractivity contribution in [2.75, 3.05) is 13.2 Å². The van der Waals surface area contributed by atoms with E-state index in [4.69, 9.17) is 9.84 Å². The third kappa shape index (κ3) is 6.34. The number of amides is 2. The van der Waals surface area contributed by atoms with E-state index < -0.39 is 18.1 Å². The smallest absolute Gasteiger partial charge is 0.407 e. The highest BCUT2D eigenvalue weighted by atomic mass is 16.5. The number of carbonyl (C=O) groups is 3. The van der Waals surface area contributed by atoms with Crippen LogP contribution in [0.4, 0.5) is 4.79 Å². The summed E-state index contributed by atoms with van der Waals surface area (Å²) in [5.41, 5.74) is 4.53. The Labute approximate surface area is 194 Å². The van der Waals surface area contributed by atoms with Crippen LogP contribution in [-0.2, 0) is 14.3 Å². The first-order valence-corrected chi connectivity index (χ1v) is 11.4. The minimum atomic E-state index is -0.889. The quantitative estimate of drug-likeness (QED) is 0.502. The summed E-state index contributed by atoms with van der Waals surface area (Å²) >= 11 is 0. The molecule has 2 aromatic carbocycles. The minimum absolute atomic E-state index is 0.00729. The Balaban J connectivity index is 1.51. The highest BCUT2D eigenvalue weighted by molar-refractivity contribution is 5.85. The van der Waals surface area contributed by atoms with Gasteiger partial charge in [-0.1, -0.05) is 62.4 Å². The Morgan fingerprint density at radius 1 is 0.970 bits per heavy atom. The van der Waals surface area contributed by atoms with Crippen LogP contribution < -0.4 is 10.6 Å². The van der Waals surface area contributed by atoms with Gasteiger partial charge in [-0.25, -0.2) is 4.79 Å². The largest absolute Gasteiger partial charge is 0.481 e. The average molecular weight is 453 g/mol. The van der Waals surface area contributed by atoms with Crippen LogP contribution in [0.2, 0.25) is 0 Å². The molecule has 0 spiro atoms. The van der Waals surface area contributed by atoms with Gasteiger partial charge in [0.2, 0.25) is 5.91 Å². The van der Waals surface area contributed by atoms with Crippen LogP contribution in [0, 0.1) is 11.8 Å². The number of fused-ring (bicyclic) bond motifs is 3. The number of carbonyl (C=O) groups excluding carboxylic acids is 2. The molecular formula is C26H32N2O5. The molecule has 0 saturated heterocycles. The summed E-state index contributed by atoms with van der Waals surface area (Å²) < 4.78 is 5.48. The second kappa shape index (κ2) is 11.0. The lowest BCUT2D eigenvalue weighted by Gasteiger charge is -2.20. The number of hydrogen-bond donors (Lipinski definition) is 3. The molecular weight excluding hydrogens is 420 g/mol. The Morgan fingerprint density at radius 2 is 1.55 bits per heavy atom. The van der Waals surface area contributed by atoms with Gasteiger partial charge in [-0.05, 0) is 47.4 Å². The molecule has 2 atom stereocenters. The van der Waals surface area contributed by atoms with Crippen molar-refractivity contribution in [1.29, 1.82) is 0 Å². The molecule has 0 heterocycles. The Morgan fingerprint density at radius 3 is 2.09 bits per heavy atom. The van der Waals surface area contributed by atoms with E-state index >= 15 is 0 Å². The van der Waals surface area contributed by atoms with E-state index in [1.807, 2.05) is 50.2 Å². The molecule has 7 nitrogen and oxygen atoms in total. The van der Waals surface area contributed by atoms with Gasteiger partial charge in [0.15, 0.2) is 0 Å². The molecule has 1 aliphatic carbocycles. The lowest BCUT2D eigenvalue weighted by Crippen LogP contribution is -2.46. The van der Waals surface area contributed by atoms with Crippen LogP contribution in [0.5, 0.6) is 0 Å². The van der Waals surface area contributed by atoms with Crippen molar-refractivity contribution in [2.45, 2.75) is 45.6 Å². The number of benzene rings is 2. The topological polar surface area (TPSA) is 105 Å². The van der Waals surface area contributed by atoms with E-state index in [0.29, 0.717) is 12.3 Å². The Bertz CT molecular complexity index is 958. The Kier molecular flexibility index (Phi) is 8.09. The fraction of sp³-hybridized carbons (Fsp3) is 0.423. The third-order valence-corrected chi connectivity index (χ3v) is 5.90. The summed E-state index contributed by atoms with van der Waals surface area (Å²) in [6, 6.07) is 15.4. The van der Waals surface area contributed by atoms with Gasteiger partial charge in [0.05, 0.1) is 0 Å². The lowest BCUT2D eigenvalue weighted by molar-refractivity contribution is -0.138. The molecule has 3 rings (SSSR count). The maximum Gasteiger partial charge on any atom is 0.407 e. The van der Waals surface area contributed by atoms with E-state index in [1.54, 1.807) is 6.92 Å². The summed E-state index contributed by atoms with van der Waals surface area (Å²) in [6.45, 7) is 6.02. The number of nitrogens with one attached hydrogen (secondary N) is 2. The van der Waals surface area contributed by atoms with Crippen LogP contribution in [0.3, 0.4) is 0 Å². The fourth-order valence-corrected chi connectivity index (χ4v) is 4.43. The molecule has 7 heteroatoms. The fourth-order valence-electron chi connectivity index (χ4n) is 4.43. The monoisotopic (exact) mass is 452 g/mol. The van der Waals surface area contributed by atoms with Gasteiger partial charge >= 0.3 is 12.1 Å². The Hall–Kier alpha value is -3.35. The van der Waals surface area contributed by atoms with Crippen LogP contribution in [0.25, 0.3) is 11.1 Å². The van der Waals surface area contributed by atoms with Gasteiger partial charge in [-0.15, -0.1) is 0 Å². The zero-order valence-electron chi connectivity index (χ0n) is 19.3. The van der Waals surface area contributed by atoms with Crippen LogP contribution in [-0.4, -0.2) is 42.3 Å².